The summed E-state index contributed by atoms with van der Waals surface area (Å²) in [5, 5.41) is 13.7. The van der Waals surface area contributed by atoms with Gasteiger partial charge in [-0.3, -0.25) is 13.8 Å². The molecule has 1 amide bonds. The minimum atomic E-state index is -4.33. The standard InChI is InChI=1S/C57H109N2O6P/c1-6-8-10-12-14-15-16-17-18-19-20-21-22-23-24-25-26-27-28-29-30-31-32-33-34-35-36-37-38-39-40-41-42-43-45-47-49-51-57(61)58-55(56(60)50-48-46-44-13-11-9-7-2)54-65-66(62,63)64-53-52-59(3,4)5/h16-17,19-20,22-23,48,50,55-56,60H,6-15,18,21,24-47,49,51-54H2,1-5H3,(H-,58,61,62,63)/p+1/b17-16-,20-19-,23-22-,50-48+. The lowest BCUT2D eigenvalue weighted by molar-refractivity contribution is -0.870. The Morgan fingerprint density at radius 2 is 0.864 bits per heavy atom. The maximum absolute atomic E-state index is 12.9. The number of hydrogen-bond donors (Lipinski definition) is 3. The van der Waals surface area contributed by atoms with E-state index >= 15 is 0 Å². The zero-order valence-corrected chi connectivity index (χ0v) is 45.1. The van der Waals surface area contributed by atoms with Gasteiger partial charge >= 0.3 is 7.82 Å². The minimum Gasteiger partial charge on any atom is -0.387 e. The Morgan fingerprint density at radius 1 is 0.515 bits per heavy atom. The van der Waals surface area contributed by atoms with Crippen LogP contribution < -0.4 is 5.32 Å². The lowest BCUT2D eigenvalue weighted by Gasteiger charge is -2.25. The summed E-state index contributed by atoms with van der Waals surface area (Å²) in [6.07, 6.45) is 64.0. The number of likely N-dealkylation sites (N-methyl/N-ethyl adjacent to an activating group) is 1. The number of nitrogens with zero attached hydrogens (tertiary/aromatic N) is 1. The average molecular weight is 950 g/mol. The van der Waals surface area contributed by atoms with Crippen LogP contribution in [0.5, 0.6) is 0 Å². The first-order valence-electron chi connectivity index (χ1n) is 28.0. The van der Waals surface area contributed by atoms with Gasteiger partial charge in [0.2, 0.25) is 5.91 Å². The van der Waals surface area contributed by atoms with Gasteiger partial charge in [-0.15, -0.1) is 0 Å². The van der Waals surface area contributed by atoms with Crippen molar-refractivity contribution in [1.29, 1.82) is 0 Å². The molecule has 0 aromatic heterocycles. The zero-order chi connectivity index (χ0) is 48.5. The van der Waals surface area contributed by atoms with Crippen molar-refractivity contribution < 1.29 is 32.9 Å². The van der Waals surface area contributed by atoms with Crippen molar-refractivity contribution in [1.82, 2.24) is 5.32 Å². The molecule has 9 heteroatoms. The molecule has 3 N–H and O–H groups in total. The van der Waals surface area contributed by atoms with Gasteiger partial charge in [0.25, 0.3) is 0 Å². The molecule has 0 aromatic carbocycles. The summed E-state index contributed by atoms with van der Waals surface area (Å²) >= 11 is 0. The van der Waals surface area contributed by atoms with Crippen molar-refractivity contribution in [2.24, 2.45) is 0 Å². The molecule has 3 unspecified atom stereocenters. The maximum Gasteiger partial charge on any atom is 0.472 e. The van der Waals surface area contributed by atoms with Gasteiger partial charge < -0.3 is 19.8 Å². The van der Waals surface area contributed by atoms with Gasteiger partial charge in [-0.2, -0.15) is 0 Å². The molecule has 0 aliphatic carbocycles. The molecule has 0 heterocycles. The molecule has 3 atom stereocenters. The van der Waals surface area contributed by atoms with Gasteiger partial charge in [-0.05, 0) is 57.8 Å². The number of quaternary nitrogens is 1. The van der Waals surface area contributed by atoms with E-state index in [-0.39, 0.29) is 19.1 Å². The highest BCUT2D eigenvalue weighted by Crippen LogP contribution is 2.43. The fourth-order valence-corrected chi connectivity index (χ4v) is 8.84. The second-order valence-electron chi connectivity index (χ2n) is 20.3. The molecule has 8 nitrogen and oxygen atoms in total. The lowest BCUT2D eigenvalue weighted by Crippen LogP contribution is -2.45. The number of phosphoric acid groups is 1. The van der Waals surface area contributed by atoms with E-state index in [0.29, 0.717) is 17.4 Å². The number of unbranched alkanes of at least 4 members (excludes halogenated alkanes) is 32. The van der Waals surface area contributed by atoms with Crippen LogP contribution in [0.25, 0.3) is 0 Å². The van der Waals surface area contributed by atoms with E-state index in [1.807, 2.05) is 27.2 Å². The fourth-order valence-electron chi connectivity index (χ4n) is 8.11. The molecule has 66 heavy (non-hydrogen) atoms. The predicted molar refractivity (Wildman–Crippen MR) is 286 cm³/mol. The summed E-state index contributed by atoms with van der Waals surface area (Å²) in [6, 6.07) is -0.842. The van der Waals surface area contributed by atoms with Crippen LogP contribution in [0.15, 0.2) is 48.6 Å². The van der Waals surface area contributed by atoms with E-state index in [1.165, 1.54) is 186 Å². The number of amides is 1. The summed E-state index contributed by atoms with van der Waals surface area (Å²) in [7, 11) is 1.57. The molecule has 388 valence electrons. The van der Waals surface area contributed by atoms with Crippen LogP contribution in [0.1, 0.15) is 258 Å². The quantitative estimate of drug-likeness (QED) is 0.0243. The number of aliphatic hydroxyl groups excluding tert-OH is 1. The van der Waals surface area contributed by atoms with E-state index in [0.717, 1.165) is 51.4 Å². The Hall–Kier alpha value is -1.54. The molecule has 0 radical (unpaired) electrons. The van der Waals surface area contributed by atoms with Crippen LogP contribution in [0, 0.1) is 0 Å². The molecule has 0 spiro atoms. The summed E-state index contributed by atoms with van der Waals surface area (Å²) in [4.78, 5) is 23.1. The summed E-state index contributed by atoms with van der Waals surface area (Å²) in [5.74, 6) is -0.179. The van der Waals surface area contributed by atoms with E-state index in [4.69, 9.17) is 9.05 Å². The third kappa shape index (κ3) is 50.3. The van der Waals surface area contributed by atoms with Crippen molar-refractivity contribution in [2.45, 2.75) is 270 Å². The third-order valence-electron chi connectivity index (χ3n) is 12.5. The topological polar surface area (TPSA) is 105 Å². The van der Waals surface area contributed by atoms with Crippen molar-refractivity contribution in [3.8, 4) is 0 Å². The van der Waals surface area contributed by atoms with Gasteiger partial charge in [0.15, 0.2) is 0 Å². The van der Waals surface area contributed by atoms with Crippen molar-refractivity contribution in [3.63, 3.8) is 0 Å². The predicted octanol–water partition coefficient (Wildman–Crippen LogP) is 16.8. The number of rotatable bonds is 51. The Kier molecular flexibility index (Phi) is 47.4. The fraction of sp³-hybridized carbons (Fsp3) is 0.842. The number of hydrogen-bond acceptors (Lipinski definition) is 5. The molecule has 0 fully saturated rings. The second-order valence-corrected chi connectivity index (χ2v) is 21.8. The van der Waals surface area contributed by atoms with Crippen LogP contribution in [-0.4, -0.2) is 73.4 Å². The number of phosphoric ester groups is 1. The highest BCUT2D eigenvalue weighted by Gasteiger charge is 2.27. The summed E-state index contributed by atoms with van der Waals surface area (Å²) in [5.41, 5.74) is 0. The summed E-state index contributed by atoms with van der Waals surface area (Å²) in [6.45, 7) is 4.75. The Balaban J connectivity index is 3.80. The molecule has 0 aliphatic heterocycles. The van der Waals surface area contributed by atoms with Crippen LogP contribution in [0.3, 0.4) is 0 Å². The first-order chi connectivity index (χ1) is 32.0. The molecule has 0 rings (SSSR count). The number of nitrogens with one attached hydrogen (secondary N) is 1. The van der Waals surface area contributed by atoms with E-state index in [2.05, 4.69) is 55.6 Å². The van der Waals surface area contributed by atoms with Gasteiger partial charge in [0, 0.05) is 6.42 Å². The molecule has 0 saturated heterocycles. The number of aliphatic hydroxyl groups is 1. The zero-order valence-electron chi connectivity index (χ0n) is 44.2. The first-order valence-corrected chi connectivity index (χ1v) is 29.5. The second kappa shape index (κ2) is 48.5. The number of carbonyl (C=O) groups is 1. The maximum atomic E-state index is 12.9. The largest absolute Gasteiger partial charge is 0.472 e. The molecular weight excluding hydrogens is 840 g/mol. The van der Waals surface area contributed by atoms with Crippen molar-refractivity contribution in [3.05, 3.63) is 48.6 Å². The molecule has 0 bridgehead atoms. The lowest BCUT2D eigenvalue weighted by atomic mass is 10.0. The monoisotopic (exact) mass is 950 g/mol. The molecule has 0 aliphatic rings. The van der Waals surface area contributed by atoms with Crippen molar-refractivity contribution in [2.75, 3.05) is 40.9 Å². The third-order valence-corrected chi connectivity index (χ3v) is 13.5. The molecule has 0 aromatic rings. The SMILES string of the molecule is CCCCCCC/C=C\C/C=C\C/C=C\CCCCCCCCCCCCCCCCCCCCCCCCC(=O)NC(COP(=O)(O)OCC[N+](C)(C)C)C(O)/C=C/CCCCCCC. The van der Waals surface area contributed by atoms with Crippen LogP contribution in [0.2, 0.25) is 0 Å². The Morgan fingerprint density at radius 3 is 1.26 bits per heavy atom. The average Bonchev–Trinajstić information content (AvgIpc) is 3.28. The van der Waals surface area contributed by atoms with E-state index < -0.39 is 20.0 Å². The summed E-state index contributed by atoms with van der Waals surface area (Å²) < 4.78 is 23.5. The van der Waals surface area contributed by atoms with E-state index in [9.17, 15) is 19.4 Å². The number of carbonyl (C=O) groups excluding carboxylic acids is 1. The Bertz CT molecular complexity index is 1210. The highest BCUT2D eigenvalue weighted by molar-refractivity contribution is 7.47. The minimum absolute atomic E-state index is 0.0618. The highest BCUT2D eigenvalue weighted by atomic mass is 31.2. The number of allylic oxidation sites excluding steroid dienone is 7. The van der Waals surface area contributed by atoms with Gasteiger partial charge in [0.1, 0.15) is 13.2 Å². The normalized spacial score (nSPS) is 14.3. The van der Waals surface area contributed by atoms with Crippen LogP contribution in [-0.2, 0) is 18.4 Å². The molecular formula is C57H110N2O6P+. The van der Waals surface area contributed by atoms with Gasteiger partial charge in [-0.1, -0.05) is 242 Å². The van der Waals surface area contributed by atoms with Crippen molar-refractivity contribution >= 4 is 13.7 Å². The smallest absolute Gasteiger partial charge is 0.387 e. The van der Waals surface area contributed by atoms with Gasteiger partial charge in [0.05, 0.1) is 39.9 Å². The van der Waals surface area contributed by atoms with E-state index in [1.54, 1.807) is 6.08 Å². The Labute approximate surface area is 409 Å². The molecule has 0 saturated carbocycles. The van der Waals surface area contributed by atoms with Crippen LogP contribution >= 0.6 is 7.82 Å². The first kappa shape index (κ1) is 64.5. The van der Waals surface area contributed by atoms with Gasteiger partial charge in [-0.25, -0.2) is 4.57 Å². The van der Waals surface area contributed by atoms with Crippen LogP contribution in [0.4, 0.5) is 0 Å².